The summed E-state index contributed by atoms with van der Waals surface area (Å²) in [5.74, 6) is 0.573. The van der Waals surface area contributed by atoms with Crippen LogP contribution in [0.1, 0.15) is 85.9 Å². The van der Waals surface area contributed by atoms with E-state index in [-0.39, 0.29) is 29.8 Å². The van der Waals surface area contributed by atoms with Gasteiger partial charge in [0.2, 0.25) is 0 Å². The van der Waals surface area contributed by atoms with Crippen molar-refractivity contribution in [3.63, 3.8) is 0 Å². The van der Waals surface area contributed by atoms with Crippen molar-refractivity contribution in [2.45, 2.75) is 85.2 Å². The van der Waals surface area contributed by atoms with Gasteiger partial charge in [-0.15, -0.1) is 0 Å². The fraction of sp³-hybridized carbons (Fsp3) is 0.640. The molecule has 0 radical (unpaired) electrons. The zero-order chi connectivity index (χ0) is 24.3. The predicted octanol–water partition coefficient (Wildman–Crippen LogP) is 6.92. The number of carbonyl (C=O) groups excluding carboxylic acids is 1. The minimum Gasteiger partial charge on any atom is -0.496 e. The van der Waals surface area contributed by atoms with Crippen LogP contribution in [0.25, 0.3) is 6.08 Å². The molecule has 0 bridgehead atoms. The largest absolute Gasteiger partial charge is 0.496 e. The van der Waals surface area contributed by atoms with E-state index in [9.17, 15) is 9.36 Å². The number of benzene rings is 1. The molecule has 0 unspecified atom stereocenters. The van der Waals surface area contributed by atoms with E-state index in [0.717, 1.165) is 22.4 Å². The smallest absolute Gasteiger partial charge is 0.343 e. The lowest BCUT2D eigenvalue weighted by molar-refractivity contribution is -0.116. The molecule has 0 saturated carbocycles. The molecule has 0 spiro atoms. The third-order valence-electron chi connectivity index (χ3n) is 5.24. The lowest BCUT2D eigenvalue weighted by atomic mass is 9.78. The van der Waals surface area contributed by atoms with Gasteiger partial charge >= 0.3 is 7.60 Å². The first-order chi connectivity index (χ1) is 14.0. The van der Waals surface area contributed by atoms with E-state index in [1.807, 2.05) is 0 Å². The molecule has 1 aromatic rings. The van der Waals surface area contributed by atoms with E-state index in [2.05, 4.69) is 53.7 Å². The Morgan fingerprint density at radius 2 is 1.32 bits per heavy atom. The Kier molecular flexibility index (Phi) is 8.93. The molecule has 1 rings (SSSR count). The maximum Gasteiger partial charge on any atom is 0.343 e. The Morgan fingerprint density at radius 1 is 0.903 bits per heavy atom. The Hall–Kier alpha value is -1.42. The van der Waals surface area contributed by atoms with Gasteiger partial charge in [0.1, 0.15) is 10.9 Å². The van der Waals surface area contributed by atoms with Gasteiger partial charge in [-0.25, -0.2) is 0 Å². The van der Waals surface area contributed by atoms with Crippen LogP contribution < -0.4 is 4.74 Å². The van der Waals surface area contributed by atoms with Gasteiger partial charge in [-0.05, 0) is 62.3 Å². The van der Waals surface area contributed by atoms with Crippen LogP contribution >= 0.6 is 7.60 Å². The van der Waals surface area contributed by atoms with Crippen LogP contribution in [0.3, 0.4) is 0 Å². The molecule has 1 aromatic carbocycles. The Balaban J connectivity index is 3.51. The quantitative estimate of drug-likeness (QED) is 0.301. The topological polar surface area (TPSA) is 61.8 Å². The highest BCUT2D eigenvalue weighted by atomic mass is 31.2. The number of ether oxygens (including phenoxy) is 1. The van der Waals surface area contributed by atoms with Crippen molar-refractivity contribution in [3.8, 4) is 5.75 Å². The van der Waals surface area contributed by atoms with Crippen LogP contribution in [0, 0.1) is 0 Å². The van der Waals surface area contributed by atoms with Crippen LogP contribution in [0.15, 0.2) is 18.2 Å². The first-order valence-electron chi connectivity index (χ1n) is 10.9. The van der Waals surface area contributed by atoms with E-state index in [4.69, 9.17) is 13.8 Å². The summed E-state index contributed by atoms with van der Waals surface area (Å²) in [4.78, 5) is 13.1. The second-order valence-corrected chi connectivity index (χ2v) is 12.9. The Bertz CT molecular complexity index is 809. The molecule has 5 nitrogen and oxygen atoms in total. The summed E-state index contributed by atoms with van der Waals surface area (Å²) in [5.41, 5.74) is 2.75. The molecule has 176 valence electrons. The second kappa shape index (κ2) is 10.0. The highest BCUT2D eigenvalue weighted by Gasteiger charge is 2.48. The van der Waals surface area contributed by atoms with Crippen LogP contribution in [0.5, 0.6) is 5.75 Å². The zero-order valence-corrected chi connectivity index (χ0v) is 22.1. The summed E-state index contributed by atoms with van der Waals surface area (Å²) in [6, 6.07) is 4.10. The molecule has 0 aliphatic rings. The molecule has 0 N–H and O–H groups in total. The first-order valence-corrected chi connectivity index (χ1v) is 12.4. The molecule has 6 heteroatoms. The maximum atomic E-state index is 13.2. The summed E-state index contributed by atoms with van der Waals surface area (Å²) in [6.45, 7) is 19.9. The molecular formula is C25H41O5P. The molecule has 0 amide bonds. The third-order valence-corrected chi connectivity index (χ3v) is 8.03. The molecule has 31 heavy (non-hydrogen) atoms. The van der Waals surface area contributed by atoms with Crippen molar-refractivity contribution in [3.05, 3.63) is 34.9 Å². The standard InChI is InChI=1S/C25H41O5P/c1-12-29-31(27,30-13-2)25(9,10)21(26)15-14-18-16-19(23(3,4)5)22(28-11)20(17-18)24(6,7)8/h14-17H,12-13H2,1-11H3/b15-14+. The molecule has 0 atom stereocenters. The summed E-state index contributed by atoms with van der Waals surface area (Å²) < 4.78 is 29.9. The number of rotatable bonds is 9. The maximum absolute atomic E-state index is 13.2. The average Bonchev–Trinajstić information content (AvgIpc) is 2.63. The minimum atomic E-state index is -3.61. The summed E-state index contributed by atoms with van der Waals surface area (Å²) in [6.07, 6.45) is 3.25. The van der Waals surface area contributed by atoms with Crippen LogP contribution in [0.2, 0.25) is 0 Å². The molecule has 0 aromatic heterocycles. The van der Waals surface area contributed by atoms with Crippen LogP contribution in [-0.2, 0) is 29.2 Å². The minimum absolute atomic E-state index is 0.141. The van der Waals surface area contributed by atoms with Crippen LogP contribution in [-0.4, -0.2) is 31.3 Å². The van der Waals surface area contributed by atoms with Crippen LogP contribution in [0.4, 0.5) is 0 Å². The second-order valence-electron chi connectivity index (χ2n) is 10.2. The number of carbonyl (C=O) groups is 1. The van der Waals surface area contributed by atoms with Crippen molar-refractivity contribution in [2.24, 2.45) is 0 Å². The normalized spacial score (nSPS) is 13.6. The fourth-order valence-electron chi connectivity index (χ4n) is 3.29. The van der Waals surface area contributed by atoms with Crippen molar-refractivity contribution in [1.82, 2.24) is 0 Å². The number of methoxy groups -OCH3 is 1. The Labute approximate surface area is 189 Å². The number of allylic oxidation sites excluding steroid dienone is 1. The van der Waals surface area contributed by atoms with Gasteiger partial charge in [0.05, 0.1) is 20.3 Å². The first kappa shape index (κ1) is 27.6. The summed E-state index contributed by atoms with van der Waals surface area (Å²) in [7, 11) is -1.91. The van der Waals surface area contributed by atoms with Crippen molar-refractivity contribution < 1.29 is 23.1 Å². The molecule has 0 fully saturated rings. The van der Waals surface area contributed by atoms with Gasteiger partial charge in [-0.3, -0.25) is 9.36 Å². The van der Waals surface area contributed by atoms with E-state index < -0.39 is 12.8 Å². The van der Waals surface area contributed by atoms with Crippen molar-refractivity contribution in [1.29, 1.82) is 0 Å². The van der Waals surface area contributed by atoms with E-state index in [1.54, 1.807) is 40.9 Å². The van der Waals surface area contributed by atoms with Crippen molar-refractivity contribution >= 4 is 19.5 Å². The number of hydrogen-bond acceptors (Lipinski definition) is 5. The fourth-order valence-corrected chi connectivity index (χ4v) is 5.04. The predicted molar refractivity (Wildman–Crippen MR) is 129 cm³/mol. The lowest BCUT2D eigenvalue weighted by Gasteiger charge is -2.30. The average molecular weight is 453 g/mol. The molecular weight excluding hydrogens is 411 g/mol. The molecule has 0 heterocycles. The van der Waals surface area contributed by atoms with Gasteiger partial charge in [0.25, 0.3) is 0 Å². The highest BCUT2D eigenvalue weighted by Crippen LogP contribution is 2.60. The summed E-state index contributed by atoms with van der Waals surface area (Å²) in [5, 5.41) is -1.29. The summed E-state index contributed by atoms with van der Waals surface area (Å²) >= 11 is 0. The van der Waals surface area contributed by atoms with E-state index >= 15 is 0 Å². The van der Waals surface area contributed by atoms with Gasteiger partial charge < -0.3 is 13.8 Å². The molecule has 0 aliphatic carbocycles. The van der Waals surface area contributed by atoms with E-state index in [0.29, 0.717) is 0 Å². The van der Waals surface area contributed by atoms with E-state index in [1.165, 1.54) is 6.08 Å². The van der Waals surface area contributed by atoms with Gasteiger partial charge in [-0.2, -0.15) is 0 Å². The SMILES string of the molecule is CCOP(=O)(OCC)C(C)(C)C(=O)/C=C/c1cc(C(C)(C)C)c(OC)c(C(C)(C)C)c1. The van der Waals surface area contributed by atoms with Gasteiger partial charge in [0.15, 0.2) is 5.78 Å². The third kappa shape index (κ3) is 6.31. The highest BCUT2D eigenvalue weighted by molar-refractivity contribution is 7.56. The van der Waals surface area contributed by atoms with Gasteiger partial charge in [0, 0.05) is 11.1 Å². The van der Waals surface area contributed by atoms with Crippen molar-refractivity contribution in [2.75, 3.05) is 20.3 Å². The monoisotopic (exact) mass is 452 g/mol. The number of ketones is 1. The molecule has 0 saturated heterocycles. The lowest BCUT2D eigenvalue weighted by Crippen LogP contribution is -2.32. The zero-order valence-electron chi connectivity index (χ0n) is 21.2. The molecule has 0 aliphatic heterocycles. The number of hydrogen-bond donors (Lipinski definition) is 0. The van der Waals surface area contributed by atoms with Gasteiger partial charge in [-0.1, -0.05) is 47.6 Å². The Morgan fingerprint density at radius 3 is 1.65 bits per heavy atom.